The highest BCUT2D eigenvalue weighted by Gasteiger charge is 2.27. The number of carboxylic acids is 1. The van der Waals surface area contributed by atoms with Crippen LogP contribution in [0.4, 0.5) is 0 Å². The summed E-state index contributed by atoms with van der Waals surface area (Å²) in [5, 5.41) is 17.1. The lowest BCUT2D eigenvalue weighted by Gasteiger charge is -2.27. The van der Waals surface area contributed by atoms with E-state index >= 15 is 0 Å². The van der Waals surface area contributed by atoms with Crippen molar-refractivity contribution < 1.29 is 23.1 Å². The zero-order valence-electron chi connectivity index (χ0n) is 13.7. The molecule has 24 heavy (non-hydrogen) atoms. The number of hydrogen-bond donors (Lipinski definition) is 3. The number of amides is 1. The van der Waals surface area contributed by atoms with E-state index in [1.807, 2.05) is 0 Å². The second-order valence-corrected chi connectivity index (χ2v) is 7.85. The smallest absolute Gasteiger partial charge is 0.306 e. The van der Waals surface area contributed by atoms with E-state index in [9.17, 15) is 18.0 Å². The fourth-order valence-corrected chi connectivity index (χ4v) is 3.89. The molecule has 132 valence electrons. The molecule has 4 N–H and O–H groups in total. The van der Waals surface area contributed by atoms with Gasteiger partial charge in [0.05, 0.1) is 10.8 Å². The predicted octanol–water partition coefficient (Wildman–Crippen LogP) is 1.32. The number of carbonyl (C=O) groups is 2. The molecule has 0 aliphatic heterocycles. The molecule has 0 saturated heterocycles. The van der Waals surface area contributed by atoms with Crippen LogP contribution in [0.2, 0.25) is 0 Å². The number of carbonyl (C=O) groups excluding carboxylic acids is 1. The fourth-order valence-electron chi connectivity index (χ4n) is 3.01. The molecule has 1 aromatic carbocycles. The molecule has 0 aromatic heterocycles. The number of carboxylic acid groups (broad SMARTS) is 1. The molecular formula is C16H22N2O5S. The van der Waals surface area contributed by atoms with E-state index in [1.165, 1.54) is 6.07 Å². The Balaban J connectivity index is 2.14. The van der Waals surface area contributed by atoms with Gasteiger partial charge in [-0.05, 0) is 62.8 Å². The van der Waals surface area contributed by atoms with Gasteiger partial charge in [-0.25, -0.2) is 13.6 Å². The maximum atomic E-state index is 12.4. The van der Waals surface area contributed by atoms with Crippen molar-refractivity contribution in [1.29, 1.82) is 0 Å². The van der Waals surface area contributed by atoms with Crippen LogP contribution in [-0.2, 0) is 14.8 Å². The normalized spacial score (nSPS) is 21.3. The SMILES string of the molecule is Cc1cc(C(=O)NC2CCC(C(=O)O)CC2)cc(S(N)(=O)=O)c1C. The van der Waals surface area contributed by atoms with E-state index in [1.54, 1.807) is 19.9 Å². The minimum Gasteiger partial charge on any atom is -0.481 e. The van der Waals surface area contributed by atoms with Crippen LogP contribution < -0.4 is 10.5 Å². The van der Waals surface area contributed by atoms with Gasteiger partial charge in [0.1, 0.15) is 0 Å². The third kappa shape index (κ3) is 4.12. The highest BCUT2D eigenvalue weighted by Crippen LogP contribution is 2.25. The summed E-state index contributed by atoms with van der Waals surface area (Å²) in [5.74, 6) is -1.53. The summed E-state index contributed by atoms with van der Waals surface area (Å²) >= 11 is 0. The lowest BCUT2D eigenvalue weighted by molar-refractivity contribution is -0.142. The van der Waals surface area contributed by atoms with E-state index in [2.05, 4.69) is 5.32 Å². The van der Waals surface area contributed by atoms with Crippen LogP contribution >= 0.6 is 0 Å². The van der Waals surface area contributed by atoms with Crippen LogP contribution in [0.3, 0.4) is 0 Å². The monoisotopic (exact) mass is 354 g/mol. The van der Waals surface area contributed by atoms with Crippen molar-refractivity contribution in [1.82, 2.24) is 5.32 Å². The second-order valence-electron chi connectivity index (χ2n) is 6.32. The van der Waals surface area contributed by atoms with Crippen molar-refractivity contribution in [3.63, 3.8) is 0 Å². The molecule has 1 aliphatic rings. The molecule has 1 fully saturated rings. The van der Waals surface area contributed by atoms with Gasteiger partial charge in [-0.1, -0.05) is 0 Å². The van der Waals surface area contributed by atoms with Crippen molar-refractivity contribution in [3.8, 4) is 0 Å². The number of aryl methyl sites for hydroxylation is 1. The number of benzene rings is 1. The van der Waals surface area contributed by atoms with E-state index < -0.39 is 16.0 Å². The minimum atomic E-state index is -3.91. The number of aliphatic carboxylic acids is 1. The molecule has 0 unspecified atom stereocenters. The lowest BCUT2D eigenvalue weighted by Crippen LogP contribution is -2.38. The van der Waals surface area contributed by atoms with Crippen molar-refractivity contribution >= 4 is 21.9 Å². The Morgan fingerprint density at radius 3 is 2.25 bits per heavy atom. The Bertz CT molecular complexity index is 765. The van der Waals surface area contributed by atoms with Crippen LogP contribution in [-0.4, -0.2) is 31.4 Å². The van der Waals surface area contributed by atoms with Gasteiger partial charge in [-0.15, -0.1) is 0 Å². The average molecular weight is 354 g/mol. The zero-order chi connectivity index (χ0) is 18.1. The minimum absolute atomic E-state index is 0.0535. The van der Waals surface area contributed by atoms with Crippen molar-refractivity contribution in [2.45, 2.75) is 50.5 Å². The quantitative estimate of drug-likeness (QED) is 0.752. The number of hydrogen-bond acceptors (Lipinski definition) is 4. The van der Waals surface area contributed by atoms with Gasteiger partial charge in [0.2, 0.25) is 10.0 Å². The highest BCUT2D eigenvalue weighted by atomic mass is 32.2. The lowest BCUT2D eigenvalue weighted by atomic mass is 9.86. The van der Waals surface area contributed by atoms with Crippen molar-refractivity contribution in [2.75, 3.05) is 0 Å². The molecule has 0 atom stereocenters. The number of sulfonamides is 1. The Kier molecular flexibility index (Phi) is 5.29. The Hall–Kier alpha value is -1.93. The molecule has 1 aliphatic carbocycles. The molecule has 0 heterocycles. The maximum absolute atomic E-state index is 12.4. The molecule has 0 spiro atoms. The summed E-state index contributed by atoms with van der Waals surface area (Å²) in [6.45, 7) is 3.36. The van der Waals surface area contributed by atoms with Gasteiger partial charge in [0, 0.05) is 11.6 Å². The van der Waals surface area contributed by atoms with Gasteiger partial charge < -0.3 is 10.4 Å². The van der Waals surface area contributed by atoms with Gasteiger partial charge >= 0.3 is 5.97 Å². The van der Waals surface area contributed by atoms with Crippen LogP contribution in [0, 0.1) is 19.8 Å². The van der Waals surface area contributed by atoms with E-state index in [-0.39, 0.29) is 28.3 Å². The largest absolute Gasteiger partial charge is 0.481 e. The van der Waals surface area contributed by atoms with Gasteiger partial charge in [-0.2, -0.15) is 0 Å². The summed E-state index contributed by atoms with van der Waals surface area (Å²) < 4.78 is 23.3. The molecule has 8 heteroatoms. The first-order valence-electron chi connectivity index (χ1n) is 7.77. The standard InChI is InChI=1S/C16H22N2O5S/c1-9-7-12(8-14(10(9)2)24(17,22)23)15(19)18-13-5-3-11(4-6-13)16(20)21/h7-8,11,13H,3-6H2,1-2H3,(H,18,19)(H,20,21)(H2,17,22,23). The predicted molar refractivity (Wildman–Crippen MR) is 88.1 cm³/mol. The van der Waals surface area contributed by atoms with Gasteiger partial charge in [0.25, 0.3) is 5.91 Å². The first kappa shape index (κ1) is 18.4. The van der Waals surface area contributed by atoms with Crippen LogP contribution in [0.25, 0.3) is 0 Å². The molecule has 0 bridgehead atoms. The first-order chi connectivity index (χ1) is 11.1. The number of nitrogens with one attached hydrogen (secondary N) is 1. The summed E-state index contributed by atoms with van der Waals surface area (Å²) in [5.41, 5.74) is 1.43. The fraction of sp³-hybridized carbons (Fsp3) is 0.500. The molecule has 0 radical (unpaired) electrons. The van der Waals surface area contributed by atoms with Crippen LogP contribution in [0.15, 0.2) is 17.0 Å². The van der Waals surface area contributed by atoms with E-state index in [0.29, 0.717) is 36.8 Å². The Morgan fingerprint density at radius 2 is 1.75 bits per heavy atom. The molecule has 7 nitrogen and oxygen atoms in total. The molecule has 1 aromatic rings. The molecular weight excluding hydrogens is 332 g/mol. The van der Waals surface area contributed by atoms with Crippen LogP contribution in [0.1, 0.15) is 47.2 Å². The number of nitrogens with two attached hydrogens (primary N) is 1. The summed E-state index contributed by atoms with van der Waals surface area (Å²) in [6, 6.07) is 2.81. The summed E-state index contributed by atoms with van der Waals surface area (Å²) in [6.07, 6.45) is 2.23. The third-order valence-corrected chi connectivity index (χ3v) is 5.64. The van der Waals surface area contributed by atoms with Crippen LogP contribution in [0.5, 0.6) is 0 Å². The van der Waals surface area contributed by atoms with E-state index in [0.717, 1.165) is 0 Å². The van der Waals surface area contributed by atoms with Gasteiger partial charge in [-0.3, -0.25) is 9.59 Å². The Morgan fingerprint density at radius 1 is 1.17 bits per heavy atom. The molecule has 2 rings (SSSR count). The number of rotatable bonds is 4. The highest BCUT2D eigenvalue weighted by molar-refractivity contribution is 7.89. The summed E-state index contributed by atoms with van der Waals surface area (Å²) in [7, 11) is -3.91. The first-order valence-corrected chi connectivity index (χ1v) is 9.32. The third-order valence-electron chi connectivity index (χ3n) is 4.60. The number of primary sulfonamides is 1. The van der Waals surface area contributed by atoms with Crippen molar-refractivity contribution in [2.24, 2.45) is 11.1 Å². The van der Waals surface area contributed by atoms with Crippen molar-refractivity contribution in [3.05, 3.63) is 28.8 Å². The maximum Gasteiger partial charge on any atom is 0.306 e. The second kappa shape index (κ2) is 6.90. The summed E-state index contributed by atoms with van der Waals surface area (Å²) in [4.78, 5) is 23.3. The van der Waals surface area contributed by atoms with E-state index in [4.69, 9.17) is 10.2 Å². The Labute approximate surface area is 141 Å². The van der Waals surface area contributed by atoms with Gasteiger partial charge in [0.15, 0.2) is 0 Å². The topological polar surface area (TPSA) is 127 Å². The zero-order valence-corrected chi connectivity index (χ0v) is 14.5. The molecule has 1 saturated carbocycles. The average Bonchev–Trinajstić information content (AvgIpc) is 2.49. The molecule has 1 amide bonds.